The summed E-state index contributed by atoms with van der Waals surface area (Å²) in [6.45, 7) is 1.62. The molecule has 0 heterocycles. The fraction of sp³-hybridized carbons (Fsp3) is 0.250. The van der Waals surface area contributed by atoms with Crippen molar-refractivity contribution < 1.29 is 18.3 Å². The minimum absolute atomic E-state index is 0.348. The third kappa shape index (κ3) is 4.19. The highest BCUT2D eigenvalue weighted by Gasteiger charge is 2.05. The number of halogens is 2. The lowest BCUT2D eigenvalue weighted by Gasteiger charge is -2.01. The number of ether oxygens (including phenoxy) is 1. The van der Waals surface area contributed by atoms with Crippen LogP contribution >= 0.6 is 11.8 Å². The van der Waals surface area contributed by atoms with Gasteiger partial charge in [0.2, 0.25) is 0 Å². The molecule has 0 bridgehead atoms. The number of hydrogen-bond acceptors (Lipinski definition) is 3. The summed E-state index contributed by atoms with van der Waals surface area (Å²) in [6.07, 6.45) is 1.64. The molecule has 5 heteroatoms. The van der Waals surface area contributed by atoms with E-state index in [4.69, 9.17) is 0 Å². The van der Waals surface area contributed by atoms with Crippen LogP contribution in [0, 0.1) is 11.6 Å². The first-order valence-corrected chi connectivity index (χ1v) is 5.86. The Labute approximate surface area is 103 Å². The molecular weight excluding hydrogens is 246 g/mol. The number of rotatable bonds is 4. The Kier molecular flexibility index (Phi) is 5.15. The van der Waals surface area contributed by atoms with Crippen LogP contribution in [0.15, 0.2) is 34.7 Å². The van der Waals surface area contributed by atoms with E-state index < -0.39 is 17.6 Å². The molecule has 0 aliphatic heterocycles. The van der Waals surface area contributed by atoms with E-state index in [-0.39, 0.29) is 0 Å². The first-order valence-electron chi connectivity index (χ1n) is 4.87. The van der Waals surface area contributed by atoms with Crippen LogP contribution in [0.4, 0.5) is 8.78 Å². The van der Waals surface area contributed by atoms with Crippen LogP contribution in [0.2, 0.25) is 0 Å². The van der Waals surface area contributed by atoms with Crippen molar-refractivity contribution in [2.24, 2.45) is 0 Å². The molecule has 0 aromatic heterocycles. The van der Waals surface area contributed by atoms with E-state index >= 15 is 0 Å². The van der Waals surface area contributed by atoms with Crippen LogP contribution in [0.25, 0.3) is 0 Å². The molecule has 0 unspecified atom stereocenters. The van der Waals surface area contributed by atoms with Gasteiger partial charge in [0, 0.05) is 22.3 Å². The van der Waals surface area contributed by atoms with E-state index in [2.05, 4.69) is 4.74 Å². The van der Waals surface area contributed by atoms with Gasteiger partial charge in [0.05, 0.1) is 7.11 Å². The second-order valence-electron chi connectivity index (χ2n) is 3.26. The maximum atomic E-state index is 13.2. The van der Waals surface area contributed by atoms with Crippen molar-refractivity contribution in [2.45, 2.75) is 11.8 Å². The number of carbonyl (C=O) groups excluding carboxylic acids is 1. The summed E-state index contributed by atoms with van der Waals surface area (Å²) in [6, 6.07) is 3.40. The fourth-order valence-corrected chi connectivity index (χ4v) is 1.97. The summed E-state index contributed by atoms with van der Waals surface area (Å²) in [5.41, 5.74) is 0.461. The van der Waals surface area contributed by atoms with Crippen LogP contribution < -0.4 is 0 Å². The van der Waals surface area contributed by atoms with Gasteiger partial charge in [-0.25, -0.2) is 13.6 Å². The van der Waals surface area contributed by atoms with Gasteiger partial charge in [-0.15, -0.1) is 11.8 Å². The maximum Gasteiger partial charge on any atom is 0.333 e. The van der Waals surface area contributed by atoms with Gasteiger partial charge < -0.3 is 4.74 Å². The first kappa shape index (κ1) is 13.7. The van der Waals surface area contributed by atoms with Crippen LogP contribution in [0.3, 0.4) is 0 Å². The summed E-state index contributed by atoms with van der Waals surface area (Å²) in [5.74, 6) is -1.19. The van der Waals surface area contributed by atoms with Gasteiger partial charge in [0.25, 0.3) is 0 Å². The lowest BCUT2D eigenvalue weighted by atomic mass is 10.3. The van der Waals surface area contributed by atoms with E-state index in [0.29, 0.717) is 16.2 Å². The third-order valence-electron chi connectivity index (χ3n) is 2.03. The Morgan fingerprint density at radius 1 is 1.47 bits per heavy atom. The summed E-state index contributed by atoms with van der Waals surface area (Å²) >= 11 is 1.19. The highest BCUT2D eigenvalue weighted by atomic mass is 32.2. The second kappa shape index (κ2) is 6.39. The third-order valence-corrected chi connectivity index (χ3v) is 3.01. The number of esters is 1. The average molecular weight is 258 g/mol. The lowest BCUT2D eigenvalue weighted by molar-refractivity contribution is -0.136. The van der Waals surface area contributed by atoms with Gasteiger partial charge in [-0.2, -0.15) is 0 Å². The summed E-state index contributed by atoms with van der Waals surface area (Å²) < 4.78 is 30.4. The van der Waals surface area contributed by atoms with Crippen LogP contribution in [0.1, 0.15) is 6.92 Å². The highest BCUT2D eigenvalue weighted by Crippen LogP contribution is 2.22. The van der Waals surface area contributed by atoms with Gasteiger partial charge in [0.1, 0.15) is 11.6 Å². The van der Waals surface area contributed by atoms with E-state index in [1.54, 1.807) is 13.0 Å². The van der Waals surface area contributed by atoms with Crippen LogP contribution in [-0.4, -0.2) is 18.8 Å². The van der Waals surface area contributed by atoms with Gasteiger partial charge in [-0.3, -0.25) is 0 Å². The number of carbonyl (C=O) groups is 1. The molecule has 0 saturated carbocycles. The second-order valence-corrected chi connectivity index (χ2v) is 4.33. The van der Waals surface area contributed by atoms with Gasteiger partial charge >= 0.3 is 5.97 Å². The van der Waals surface area contributed by atoms with Crippen molar-refractivity contribution in [3.63, 3.8) is 0 Å². The molecule has 0 aliphatic rings. The Balaban J connectivity index is 2.59. The molecule has 17 heavy (non-hydrogen) atoms. The molecule has 1 aromatic rings. The fourth-order valence-electron chi connectivity index (χ4n) is 1.09. The summed E-state index contributed by atoms with van der Waals surface area (Å²) in [7, 11) is 1.30. The maximum absolute atomic E-state index is 13.2. The minimum Gasteiger partial charge on any atom is -0.466 e. The molecule has 1 rings (SSSR count). The van der Waals surface area contributed by atoms with Crippen LogP contribution in [-0.2, 0) is 9.53 Å². The monoisotopic (exact) mass is 258 g/mol. The quantitative estimate of drug-likeness (QED) is 0.471. The molecule has 92 valence electrons. The normalized spacial score (nSPS) is 11.4. The van der Waals surface area contributed by atoms with Gasteiger partial charge in [0.15, 0.2) is 0 Å². The highest BCUT2D eigenvalue weighted by molar-refractivity contribution is 7.99. The Morgan fingerprint density at radius 2 is 2.18 bits per heavy atom. The molecule has 0 amide bonds. The smallest absolute Gasteiger partial charge is 0.333 e. The van der Waals surface area contributed by atoms with Crippen molar-refractivity contribution in [1.29, 1.82) is 0 Å². The predicted molar refractivity (Wildman–Crippen MR) is 62.9 cm³/mol. The molecule has 1 aromatic carbocycles. The molecule has 0 saturated heterocycles. The zero-order valence-corrected chi connectivity index (χ0v) is 10.3. The summed E-state index contributed by atoms with van der Waals surface area (Å²) in [4.78, 5) is 11.4. The largest absolute Gasteiger partial charge is 0.466 e. The lowest BCUT2D eigenvalue weighted by Crippen LogP contribution is -2.01. The van der Waals surface area contributed by atoms with Crippen molar-refractivity contribution in [2.75, 3.05) is 12.9 Å². The van der Waals surface area contributed by atoms with Crippen molar-refractivity contribution in [1.82, 2.24) is 0 Å². The zero-order valence-electron chi connectivity index (χ0n) is 9.50. The standard InChI is InChI=1S/C12H12F2O2S/c1-8(12(15)16-2)5-6-17-11-4-3-9(13)7-10(11)14/h3-5,7H,6H2,1-2H3. The SMILES string of the molecule is COC(=O)C(C)=CCSc1ccc(F)cc1F. The first-order chi connectivity index (χ1) is 8.04. The number of benzene rings is 1. The number of methoxy groups -OCH3 is 1. The molecule has 0 fully saturated rings. The molecule has 0 atom stereocenters. The van der Waals surface area contributed by atoms with E-state index in [0.717, 1.165) is 6.07 Å². The van der Waals surface area contributed by atoms with E-state index in [9.17, 15) is 13.6 Å². The van der Waals surface area contributed by atoms with Crippen LogP contribution in [0.5, 0.6) is 0 Å². The van der Waals surface area contributed by atoms with E-state index in [1.807, 2.05) is 0 Å². The zero-order chi connectivity index (χ0) is 12.8. The molecule has 0 aliphatic carbocycles. The Hall–Kier alpha value is -1.36. The molecule has 2 nitrogen and oxygen atoms in total. The topological polar surface area (TPSA) is 26.3 Å². The minimum atomic E-state index is -0.604. The van der Waals surface area contributed by atoms with Gasteiger partial charge in [-0.05, 0) is 19.1 Å². The Bertz CT molecular complexity index is 444. The Morgan fingerprint density at radius 3 is 2.76 bits per heavy atom. The summed E-state index contributed by atoms with van der Waals surface area (Å²) in [5, 5.41) is 0. The number of hydrogen-bond donors (Lipinski definition) is 0. The molecule has 0 spiro atoms. The van der Waals surface area contributed by atoms with Crippen molar-refractivity contribution in [3.8, 4) is 0 Å². The molecule has 0 radical (unpaired) electrons. The van der Waals surface area contributed by atoms with Crippen molar-refractivity contribution in [3.05, 3.63) is 41.5 Å². The van der Waals surface area contributed by atoms with Crippen molar-refractivity contribution >= 4 is 17.7 Å². The van der Waals surface area contributed by atoms with E-state index in [1.165, 1.54) is 31.0 Å². The molecule has 0 N–H and O–H groups in total. The number of thioether (sulfide) groups is 1. The molecular formula is C12H12F2O2S. The van der Waals surface area contributed by atoms with Gasteiger partial charge in [-0.1, -0.05) is 6.08 Å². The predicted octanol–water partition coefficient (Wildman–Crippen LogP) is 3.18. The average Bonchev–Trinajstić information content (AvgIpc) is 2.30.